The molecule has 7 nitrogen and oxygen atoms in total. The molecule has 1 aliphatic rings. The summed E-state index contributed by atoms with van der Waals surface area (Å²) in [7, 11) is -3.83. The highest BCUT2D eigenvalue weighted by molar-refractivity contribution is 7.92. The Labute approximate surface area is 182 Å². The summed E-state index contributed by atoms with van der Waals surface area (Å²) in [6.45, 7) is 3.80. The molecule has 1 saturated carbocycles. The van der Waals surface area contributed by atoms with Crippen LogP contribution in [0.15, 0.2) is 56.6 Å². The Morgan fingerprint density at radius 2 is 1.90 bits per heavy atom. The number of fused-ring (bicyclic) bond motifs is 1. The Morgan fingerprint density at radius 1 is 1.13 bits per heavy atom. The highest BCUT2D eigenvalue weighted by Gasteiger charge is 2.20. The predicted octanol–water partition coefficient (Wildman–Crippen LogP) is 4.23. The van der Waals surface area contributed by atoms with E-state index >= 15 is 0 Å². The second-order valence-electron chi connectivity index (χ2n) is 8.44. The van der Waals surface area contributed by atoms with Gasteiger partial charge in [0.2, 0.25) is 0 Å². The Balaban J connectivity index is 1.44. The van der Waals surface area contributed by atoms with Crippen molar-refractivity contribution in [2.24, 2.45) is 11.8 Å². The van der Waals surface area contributed by atoms with E-state index in [1.54, 1.807) is 12.1 Å². The molecule has 2 aromatic carbocycles. The van der Waals surface area contributed by atoms with Crippen LogP contribution in [0.25, 0.3) is 11.1 Å². The van der Waals surface area contributed by atoms with Crippen LogP contribution in [0.4, 0.5) is 5.69 Å². The highest BCUT2D eigenvalue weighted by atomic mass is 32.2. The van der Waals surface area contributed by atoms with Crippen LogP contribution in [0.2, 0.25) is 0 Å². The number of H-pyrrole nitrogens is 1. The summed E-state index contributed by atoms with van der Waals surface area (Å²) in [5.41, 5.74) is 2.09. The molecule has 3 aromatic rings. The second kappa shape index (κ2) is 9.28. The highest BCUT2D eigenvalue weighted by Crippen LogP contribution is 2.29. The molecule has 0 bridgehead atoms. The van der Waals surface area contributed by atoms with Crippen molar-refractivity contribution in [1.29, 1.82) is 0 Å². The topological polar surface area (TPSA) is 104 Å². The van der Waals surface area contributed by atoms with Gasteiger partial charge in [0.05, 0.1) is 16.1 Å². The molecule has 1 unspecified atom stereocenters. The van der Waals surface area contributed by atoms with Crippen LogP contribution in [0.5, 0.6) is 0 Å². The molecule has 0 radical (unpaired) electrons. The van der Waals surface area contributed by atoms with E-state index in [4.69, 9.17) is 4.42 Å². The first-order valence-electron chi connectivity index (χ1n) is 10.9. The molecule has 3 N–H and O–H groups in total. The number of aromatic nitrogens is 1. The smallest absolute Gasteiger partial charge is 0.408 e. The predicted molar refractivity (Wildman–Crippen MR) is 122 cm³/mol. The molecule has 1 atom stereocenters. The average molecular weight is 444 g/mol. The van der Waals surface area contributed by atoms with Crippen molar-refractivity contribution in [1.82, 2.24) is 10.3 Å². The molecule has 1 fully saturated rings. The lowest BCUT2D eigenvalue weighted by Crippen LogP contribution is -2.27. The zero-order valence-corrected chi connectivity index (χ0v) is 18.5. The fraction of sp³-hybridized carbons (Fsp3) is 0.435. The molecule has 0 amide bonds. The summed E-state index contributed by atoms with van der Waals surface area (Å²) in [6, 6.07) is 11.7. The fourth-order valence-electron chi connectivity index (χ4n) is 4.37. The third-order valence-corrected chi connectivity index (χ3v) is 7.56. The summed E-state index contributed by atoms with van der Waals surface area (Å²) in [4.78, 5) is 13.9. The summed E-state index contributed by atoms with van der Waals surface area (Å²) in [6.07, 6.45) is 6.64. The molecule has 0 saturated heterocycles. The molecule has 0 spiro atoms. The standard InChI is InChI=1S/C23H29N3O4S/c1-16(17-7-3-2-4-8-17)14-24-15-18-9-5-6-10-20(18)26-31(28,29)19-11-12-21-22(13-19)30-23(27)25-21/h5-6,9-13,16-17,24,26H,2-4,7-8,14-15H2,1H3,(H,25,27). The Morgan fingerprint density at radius 3 is 2.71 bits per heavy atom. The zero-order valence-electron chi connectivity index (χ0n) is 17.7. The summed E-state index contributed by atoms with van der Waals surface area (Å²) < 4.78 is 33.5. The quantitative estimate of drug-likeness (QED) is 0.483. The Kier molecular flexibility index (Phi) is 6.48. The molecular weight excluding hydrogens is 414 g/mol. The number of nitrogens with one attached hydrogen (secondary N) is 3. The van der Waals surface area contributed by atoms with Gasteiger partial charge in [0, 0.05) is 12.6 Å². The number of oxazole rings is 1. The van der Waals surface area contributed by atoms with E-state index < -0.39 is 15.8 Å². The normalized spacial score (nSPS) is 16.4. The van der Waals surface area contributed by atoms with Crippen molar-refractivity contribution >= 4 is 26.8 Å². The number of sulfonamides is 1. The average Bonchev–Trinajstić information content (AvgIpc) is 3.14. The summed E-state index contributed by atoms with van der Waals surface area (Å²) in [5.74, 6) is 0.765. The SMILES string of the molecule is CC(CNCc1ccccc1NS(=O)(=O)c1ccc2[nH]c(=O)oc2c1)C1CCCCC1. The van der Waals surface area contributed by atoms with Crippen molar-refractivity contribution in [2.75, 3.05) is 11.3 Å². The van der Waals surface area contributed by atoms with Crippen molar-refractivity contribution in [3.05, 3.63) is 58.6 Å². The van der Waals surface area contributed by atoms with E-state index in [2.05, 4.69) is 21.9 Å². The first-order chi connectivity index (χ1) is 14.9. The van der Waals surface area contributed by atoms with Gasteiger partial charge in [-0.05, 0) is 42.1 Å². The first-order valence-corrected chi connectivity index (χ1v) is 12.3. The van der Waals surface area contributed by atoms with Crippen molar-refractivity contribution in [3.8, 4) is 0 Å². The minimum atomic E-state index is -3.83. The van der Waals surface area contributed by atoms with Crippen LogP contribution in [0, 0.1) is 11.8 Å². The molecule has 4 rings (SSSR count). The van der Waals surface area contributed by atoms with Gasteiger partial charge in [-0.1, -0.05) is 57.2 Å². The van der Waals surface area contributed by atoms with Crippen LogP contribution in [-0.2, 0) is 16.6 Å². The monoisotopic (exact) mass is 443 g/mol. The van der Waals surface area contributed by atoms with E-state index in [1.165, 1.54) is 50.3 Å². The van der Waals surface area contributed by atoms with E-state index in [-0.39, 0.29) is 10.5 Å². The van der Waals surface area contributed by atoms with Crippen LogP contribution in [0.3, 0.4) is 0 Å². The maximum Gasteiger partial charge on any atom is 0.417 e. The maximum absolute atomic E-state index is 12.9. The molecule has 166 valence electrons. The molecule has 1 aromatic heterocycles. The van der Waals surface area contributed by atoms with Gasteiger partial charge in [-0.3, -0.25) is 9.71 Å². The van der Waals surface area contributed by atoms with Gasteiger partial charge in [0.15, 0.2) is 5.58 Å². The number of hydrogen-bond donors (Lipinski definition) is 3. The largest absolute Gasteiger partial charge is 0.417 e. The summed E-state index contributed by atoms with van der Waals surface area (Å²) in [5, 5.41) is 3.50. The number of para-hydroxylation sites is 1. The lowest BCUT2D eigenvalue weighted by atomic mass is 9.81. The lowest BCUT2D eigenvalue weighted by molar-refractivity contribution is 0.256. The molecule has 1 heterocycles. The number of anilines is 1. The van der Waals surface area contributed by atoms with E-state index in [0.717, 1.165) is 18.0 Å². The van der Waals surface area contributed by atoms with Gasteiger partial charge in [-0.15, -0.1) is 0 Å². The van der Waals surface area contributed by atoms with Gasteiger partial charge in [-0.2, -0.15) is 0 Å². The Bertz CT molecular complexity index is 1190. The van der Waals surface area contributed by atoms with E-state index in [0.29, 0.717) is 23.7 Å². The maximum atomic E-state index is 12.9. The molecule has 8 heteroatoms. The number of aromatic amines is 1. The van der Waals surface area contributed by atoms with Gasteiger partial charge in [-0.25, -0.2) is 13.2 Å². The third-order valence-electron chi connectivity index (χ3n) is 6.20. The molecule has 1 aliphatic carbocycles. The van der Waals surface area contributed by atoms with E-state index in [1.807, 2.05) is 12.1 Å². The minimum absolute atomic E-state index is 0.0384. The van der Waals surface area contributed by atoms with Gasteiger partial charge in [0.1, 0.15) is 0 Å². The van der Waals surface area contributed by atoms with Crippen LogP contribution < -0.4 is 15.8 Å². The van der Waals surface area contributed by atoms with Crippen molar-refractivity contribution in [3.63, 3.8) is 0 Å². The van der Waals surface area contributed by atoms with Crippen molar-refractivity contribution < 1.29 is 12.8 Å². The lowest BCUT2D eigenvalue weighted by Gasteiger charge is -2.28. The number of benzene rings is 2. The summed E-state index contributed by atoms with van der Waals surface area (Å²) >= 11 is 0. The molecular formula is C23H29N3O4S. The molecule has 0 aliphatic heterocycles. The van der Waals surface area contributed by atoms with Crippen LogP contribution in [-0.4, -0.2) is 19.9 Å². The molecule has 31 heavy (non-hydrogen) atoms. The fourth-order valence-corrected chi connectivity index (χ4v) is 5.49. The van der Waals surface area contributed by atoms with E-state index in [9.17, 15) is 13.2 Å². The van der Waals surface area contributed by atoms with Crippen LogP contribution >= 0.6 is 0 Å². The Hall–Kier alpha value is -2.58. The van der Waals surface area contributed by atoms with Gasteiger partial charge in [0.25, 0.3) is 10.0 Å². The number of rotatable bonds is 8. The zero-order chi connectivity index (χ0) is 21.8. The second-order valence-corrected chi connectivity index (χ2v) is 10.1. The third kappa shape index (κ3) is 5.19. The number of hydrogen-bond acceptors (Lipinski definition) is 5. The minimum Gasteiger partial charge on any atom is -0.408 e. The van der Waals surface area contributed by atoms with Gasteiger partial charge < -0.3 is 9.73 Å². The van der Waals surface area contributed by atoms with Gasteiger partial charge >= 0.3 is 5.76 Å². The van der Waals surface area contributed by atoms with Crippen molar-refractivity contribution in [2.45, 2.75) is 50.5 Å². The van der Waals surface area contributed by atoms with Crippen LogP contribution in [0.1, 0.15) is 44.6 Å². The first kappa shape index (κ1) is 21.6.